The van der Waals surface area contributed by atoms with Crippen molar-refractivity contribution < 1.29 is 0 Å². The van der Waals surface area contributed by atoms with E-state index in [2.05, 4.69) is 202 Å². The van der Waals surface area contributed by atoms with Gasteiger partial charge in [-0.25, -0.2) is 15.0 Å². The number of hydrogen-bond donors (Lipinski definition) is 0. The maximum atomic E-state index is 5.48. The Morgan fingerprint density at radius 1 is 0.316 bits per heavy atom. The molecule has 0 atom stereocenters. The van der Waals surface area contributed by atoms with Crippen LogP contribution in [0.1, 0.15) is 25.0 Å². The summed E-state index contributed by atoms with van der Waals surface area (Å²) in [7, 11) is 0. The molecule has 0 amide bonds. The van der Waals surface area contributed by atoms with Gasteiger partial charge >= 0.3 is 0 Å². The summed E-state index contributed by atoms with van der Waals surface area (Å²) in [6.45, 7) is 4.65. The summed E-state index contributed by atoms with van der Waals surface area (Å²) in [6.07, 6.45) is 0. The minimum atomic E-state index is -0.0688. The van der Waals surface area contributed by atoms with Crippen molar-refractivity contribution in [2.75, 3.05) is 0 Å². The predicted molar refractivity (Wildman–Crippen MR) is 237 cm³/mol. The lowest BCUT2D eigenvalue weighted by Gasteiger charge is -2.21. The van der Waals surface area contributed by atoms with Crippen LogP contribution in [0, 0.1) is 0 Å². The van der Waals surface area contributed by atoms with Gasteiger partial charge in [-0.15, -0.1) is 0 Å². The first-order valence-corrected chi connectivity index (χ1v) is 19.6. The molecule has 268 valence electrons. The molecule has 0 saturated heterocycles. The van der Waals surface area contributed by atoms with E-state index in [0.29, 0.717) is 17.5 Å². The number of nitrogens with zero attached hydrogens (tertiary/aromatic N) is 3. The molecule has 1 heterocycles. The molecule has 0 fully saturated rings. The van der Waals surface area contributed by atoms with Gasteiger partial charge in [0.05, 0.1) is 0 Å². The zero-order valence-corrected chi connectivity index (χ0v) is 31.7. The highest BCUT2D eigenvalue weighted by molar-refractivity contribution is 6.19. The second-order valence-corrected chi connectivity index (χ2v) is 15.5. The van der Waals surface area contributed by atoms with Crippen molar-refractivity contribution >= 4 is 32.3 Å². The molecule has 0 radical (unpaired) electrons. The summed E-state index contributed by atoms with van der Waals surface area (Å²) < 4.78 is 0. The Kier molecular flexibility index (Phi) is 7.52. The van der Waals surface area contributed by atoms with E-state index in [-0.39, 0.29) is 5.41 Å². The van der Waals surface area contributed by atoms with E-state index in [1.807, 2.05) is 0 Å². The van der Waals surface area contributed by atoms with Gasteiger partial charge in [-0.3, -0.25) is 0 Å². The van der Waals surface area contributed by atoms with E-state index in [0.717, 1.165) is 55.1 Å². The predicted octanol–water partition coefficient (Wildman–Crippen LogP) is 14.0. The van der Waals surface area contributed by atoms with Crippen LogP contribution in [0.2, 0.25) is 0 Å². The summed E-state index contributed by atoms with van der Waals surface area (Å²) in [5.41, 5.74) is 12.5. The standard InChI is InChI=1S/C54H37N3/c1-54(2)48-27-15-14-24-42(48)47-33-37(29-31-49(47)54)40-22-11-13-26-45(40)52-55-51(44-25-12-10-20-38(44)34-16-4-3-5-17-34)56-53(57-52)50-41-23-9-7-19-36(41)32-46-39-21-8-6-18-35(39)28-30-43(46)50/h3-33H,1-2H3. The normalized spacial score (nSPS) is 12.9. The average Bonchev–Trinajstić information content (AvgIpc) is 3.50. The Balaban J connectivity index is 1.19. The second kappa shape index (κ2) is 12.9. The van der Waals surface area contributed by atoms with Crippen LogP contribution >= 0.6 is 0 Å². The lowest BCUT2D eigenvalue weighted by atomic mass is 9.82. The van der Waals surface area contributed by atoms with E-state index in [1.54, 1.807) is 0 Å². The van der Waals surface area contributed by atoms with Crippen molar-refractivity contribution in [1.82, 2.24) is 15.0 Å². The Morgan fingerprint density at radius 3 is 1.60 bits per heavy atom. The molecule has 1 aliphatic rings. The van der Waals surface area contributed by atoms with Gasteiger partial charge in [0, 0.05) is 22.1 Å². The smallest absolute Gasteiger partial charge is 0.165 e. The zero-order valence-electron chi connectivity index (χ0n) is 31.7. The third-order valence-electron chi connectivity index (χ3n) is 11.9. The van der Waals surface area contributed by atoms with Gasteiger partial charge < -0.3 is 0 Å². The fourth-order valence-corrected chi connectivity index (χ4v) is 9.15. The van der Waals surface area contributed by atoms with Crippen molar-refractivity contribution in [1.29, 1.82) is 0 Å². The van der Waals surface area contributed by atoms with Gasteiger partial charge in [0.2, 0.25) is 0 Å². The van der Waals surface area contributed by atoms with Crippen LogP contribution in [0.4, 0.5) is 0 Å². The van der Waals surface area contributed by atoms with Gasteiger partial charge in [-0.05, 0) is 89.0 Å². The zero-order chi connectivity index (χ0) is 38.1. The quantitative estimate of drug-likeness (QED) is 0.131. The number of rotatable bonds is 5. The van der Waals surface area contributed by atoms with Gasteiger partial charge in [0.1, 0.15) is 0 Å². The molecule has 0 aliphatic heterocycles. The molecule has 0 unspecified atom stereocenters. The topological polar surface area (TPSA) is 38.7 Å². The van der Waals surface area contributed by atoms with E-state index in [4.69, 9.17) is 15.0 Å². The van der Waals surface area contributed by atoms with Crippen molar-refractivity contribution in [2.45, 2.75) is 19.3 Å². The molecule has 0 bridgehead atoms. The number of aromatic nitrogens is 3. The Hall–Kier alpha value is -7.23. The van der Waals surface area contributed by atoms with Gasteiger partial charge in [0.15, 0.2) is 17.5 Å². The summed E-state index contributed by atoms with van der Waals surface area (Å²) in [5, 5.41) is 6.95. The Bertz CT molecular complexity index is 3220. The van der Waals surface area contributed by atoms with Crippen molar-refractivity contribution in [3.05, 3.63) is 199 Å². The van der Waals surface area contributed by atoms with Crippen molar-refractivity contribution in [3.63, 3.8) is 0 Å². The molecule has 57 heavy (non-hydrogen) atoms. The molecule has 0 saturated carbocycles. The van der Waals surface area contributed by atoms with Crippen LogP contribution in [0.5, 0.6) is 0 Å². The van der Waals surface area contributed by atoms with E-state index < -0.39 is 0 Å². The summed E-state index contributed by atoms with van der Waals surface area (Å²) in [5.74, 6) is 1.92. The van der Waals surface area contributed by atoms with Crippen LogP contribution in [-0.2, 0) is 5.41 Å². The first kappa shape index (κ1) is 33.1. The average molecular weight is 728 g/mol. The lowest BCUT2D eigenvalue weighted by molar-refractivity contribution is 0.660. The molecule has 3 nitrogen and oxygen atoms in total. The number of fused-ring (bicyclic) bond motifs is 7. The van der Waals surface area contributed by atoms with Gasteiger partial charge in [-0.2, -0.15) is 0 Å². The fourth-order valence-electron chi connectivity index (χ4n) is 9.15. The first-order valence-electron chi connectivity index (χ1n) is 19.6. The number of hydrogen-bond acceptors (Lipinski definition) is 3. The lowest BCUT2D eigenvalue weighted by Crippen LogP contribution is -2.14. The van der Waals surface area contributed by atoms with Crippen molar-refractivity contribution in [3.8, 4) is 67.5 Å². The van der Waals surface area contributed by atoms with Crippen LogP contribution in [-0.4, -0.2) is 15.0 Å². The number of benzene rings is 9. The van der Waals surface area contributed by atoms with Crippen LogP contribution < -0.4 is 0 Å². The molecule has 3 heteroatoms. The Labute approximate surface area is 332 Å². The molecule has 1 aliphatic carbocycles. The first-order chi connectivity index (χ1) is 28.0. The molecule has 0 N–H and O–H groups in total. The molecule has 0 spiro atoms. The maximum absolute atomic E-state index is 5.48. The highest BCUT2D eigenvalue weighted by atomic mass is 15.0. The van der Waals surface area contributed by atoms with E-state index in [9.17, 15) is 0 Å². The van der Waals surface area contributed by atoms with Crippen LogP contribution in [0.15, 0.2) is 188 Å². The van der Waals surface area contributed by atoms with Crippen LogP contribution in [0.3, 0.4) is 0 Å². The van der Waals surface area contributed by atoms with Crippen LogP contribution in [0.25, 0.3) is 99.9 Å². The Morgan fingerprint density at radius 2 is 0.860 bits per heavy atom. The minimum absolute atomic E-state index is 0.0688. The van der Waals surface area contributed by atoms with Crippen molar-refractivity contribution in [2.24, 2.45) is 0 Å². The van der Waals surface area contributed by atoms with Gasteiger partial charge in [0.25, 0.3) is 0 Å². The van der Waals surface area contributed by atoms with E-state index in [1.165, 1.54) is 38.4 Å². The summed E-state index contributed by atoms with van der Waals surface area (Å²) >= 11 is 0. The molecule has 10 aromatic rings. The fraction of sp³-hybridized carbons (Fsp3) is 0.0556. The minimum Gasteiger partial charge on any atom is -0.208 e. The third kappa shape index (κ3) is 5.31. The highest BCUT2D eigenvalue weighted by Gasteiger charge is 2.35. The monoisotopic (exact) mass is 727 g/mol. The maximum Gasteiger partial charge on any atom is 0.165 e. The SMILES string of the molecule is CC1(C)c2ccccc2-c2cc(-c3ccccc3-c3nc(-c4ccccc4-c4ccccc4)nc(-c4c5ccccc5cc5c4ccc4ccccc45)n3)ccc21. The van der Waals surface area contributed by atoms with Gasteiger partial charge in [-0.1, -0.05) is 190 Å². The third-order valence-corrected chi connectivity index (χ3v) is 11.9. The summed E-state index contributed by atoms with van der Waals surface area (Å²) in [6, 6.07) is 67.2. The molecule has 9 aromatic carbocycles. The molecule has 1 aromatic heterocycles. The molecular weight excluding hydrogens is 691 g/mol. The second-order valence-electron chi connectivity index (χ2n) is 15.5. The molecule has 11 rings (SSSR count). The highest BCUT2D eigenvalue weighted by Crippen LogP contribution is 2.50. The largest absolute Gasteiger partial charge is 0.208 e. The summed E-state index contributed by atoms with van der Waals surface area (Å²) in [4.78, 5) is 16.3. The van der Waals surface area contributed by atoms with E-state index >= 15 is 0 Å². The molecular formula is C54H37N3.